The molecule has 1 N–H and O–H groups in total. The molecule has 4 heterocycles. The third-order valence-corrected chi connectivity index (χ3v) is 7.21. The number of hydrogen-bond acceptors (Lipinski definition) is 10. The van der Waals surface area contributed by atoms with Crippen LogP contribution >= 0.6 is 0 Å². The molecule has 4 atom stereocenters. The molecule has 13 heteroatoms. The SMILES string of the molecule is CS(=O)(=O)OC[C@]12CO[C@H]([C@H](n3cnc4c(NC(=O)c5ccccc5)ncnc43)O1)[C@H]2OCc1ccccc1. The summed E-state index contributed by atoms with van der Waals surface area (Å²) < 4.78 is 49.3. The number of benzene rings is 2. The maximum absolute atomic E-state index is 12.7. The van der Waals surface area contributed by atoms with Gasteiger partial charge in [-0.15, -0.1) is 0 Å². The largest absolute Gasteiger partial charge is 0.367 e. The van der Waals surface area contributed by atoms with Gasteiger partial charge in [0.25, 0.3) is 16.0 Å². The highest BCUT2D eigenvalue weighted by Gasteiger charge is 2.63. The van der Waals surface area contributed by atoms with Crippen molar-refractivity contribution in [2.24, 2.45) is 0 Å². The molecule has 12 nitrogen and oxygen atoms in total. The van der Waals surface area contributed by atoms with Crippen molar-refractivity contribution >= 4 is 33.0 Å². The second-order valence-electron chi connectivity index (χ2n) is 9.40. The quantitative estimate of drug-likeness (QED) is 0.308. The van der Waals surface area contributed by atoms with Crippen molar-refractivity contribution in [2.75, 3.05) is 24.8 Å². The van der Waals surface area contributed by atoms with E-state index in [9.17, 15) is 13.2 Å². The number of aromatic nitrogens is 4. The number of carbonyl (C=O) groups is 1. The summed E-state index contributed by atoms with van der Waals surface area (Å²) in [5, 5.41) is 2.78. The number of anilines is 1. The van der Waals surface area contributed by atoms with Crippen LogP contribution in [0.25, 0.3) is 11.2 Å². The van der Waals surface area contributed by atoms with Gasteiger partial charge in [-0.3, -0.25) is 13.5 Å². The molecule has 6 rings (SSSR count). The first-order valence-electron chi connectivity index (χ1n) is 12.2. The second kappa shape index (κ2) is 10.1. The summed E-state index contributed by atoms with van der Waals surface area (Å²) in [5.74, 6) is -0.0976. The Morgan fingerprint density at radius 2 is 1.85 bits per heavy atom. The van der Waals surface area contributed by atoms with Gasteiger partial charge in [0.1, 0.15) is 30.7 Å². The van der Waals surface area contributed by atoms with Crippen molar-refractivity contribution in [3.8, 4) is 0 Å². The highest BCUT2D eigenvalue weighted by Crippen LogP contribution is 2.48. The summed E-state index contributed by atoms with van der Waals surface area (Å²) in [6, 6.07) is 18.3. The predicted molar refractivity (Wildman–Crippen MR) is 138 cm³/mol. The minimum atomic E-state index is -3.75. The predicted octanol–water partition coefficient (Wildman–Crippen LogP) is 2.31. The van der Waals surface area contributed by atoms with Crippen LogP contribution in [0.3, 0.4) is 0 Å². The molecule has 202 valence electrons. The lowest BCUT2D eigenvalue weighted by molar-refractivity contribution is -0.183. The van der Waals surface area contributed by atoms with Crippen molar-refractivity contribution in [2.45, 2.75) is 30.6 Å². The molecule has 2 aromatic carbocycles. The molecular weight excluding hydrogens is 526 g/mol. The van der Waals surface area contributed by atoms with E-state index in [1.165, 1.54) is 12.7 Å². The third kappa shape index (κ3) is 5.02. The zero-order chi connectivity index (χ0) is 27.0. The van der Waals surface area contributed by atoms with E-state index in [-0.39, 0.29) is 31.5 Å². The Balaban J connectivity index is 1.29. The fourth-order valence-electron chi connectivity index (χ4n) is 4.83. The molecule has 0 spiro atoms. The molecule has 2 aromatic heterocycles. The normalized spacial score (nSPS) is 24.3. The van der Waals surface area contributed by atoms with Gasteiger partial charge >= 0.3 is 0 Å². The van der Waals surface area contributed by atoms with Gasteiger partial charge in [0.05, 0.1) is 25.8 Å². The summed E-state index contributed by atoms with van der Waals surface area (Å²) in [7, 11) is -3.75. The lowest BCUT2D eigenvalue weighted by atomic mass is 10.00. The number of carbonyl (C=O) groups excluding carboxylic acids is 1. The van der Waals surface area contributed by atoms with Crippen LogP contribution in [0.5, 0.6) is 0 Å². The highest BCUT2D eigenvalue weighted by atomic mass is 32.2. The van der Waals surface area contributed by atoms with Gasteiger partial charge in [-0.1, -0.05) is 48.5 Å². The van der Waals surface area contributed by atoms with Gasteiger partial charge in [-0.25, -0.2) is 15.0 Å². The summed E-state index contributed by atoms with van der Waals surface area (Å²) >= 11 is 0. The first-order chi connectivity index (χ1) is 18.8. The van der Waals surface area contributed by atoms with Gasteiger partial charge in [0.15, 0.2) is 23.2 Å². The van der Waals surface area contributed by atoms with Gasteiger partial charge < -0.3 is 19.5 Å². The maximum atomic E-state index is 12.7. The molecule has 0 radical (unpaired) electrons. The summed E-state index contributed by atoms with van der Waals surface area (Å²) in [4.78, 5) is 25.7. The minimum absolute atomic E-state index is 0.0864. The van der Waals surface area contributed by atoms with E-state index in [1.54, 1.807) is 28.8 Å². The smallest absolute Gasteiger partial charge is 0.264 e. The number of nitrogens with one attached hydrogen (secondary N) is 1. The molecule has 2 fully saturated rings. The van der Waals surface area contributed by atoms with Crippen LogP contribution in [0.1, 0.15) is 22.1 Å². The van der Waals surface area contributed by atoms with E-state index in [0.29, 0.717) is 16.7 Å². The Bertz CT molecular complexity index is 1600. The van der Waals surface area contributed by atoms with Crippen LogP contribution in [0, 0.1) is 0 Å². The van der Waals surface area contributed by atoms with E-state index >= 15 is 0 Å². The van der Waals surface area contributed by atoms with E-state index < -0.39 is 34.2 Å². The number of imidazole rings is 1. The molecule has 0 unspecified atom stereocenters. The minimum Gasteiger partial charge on any atom is -0.367 e. The van der Waals surface area contributed by atoms with Crippen molar-refractivity contribution in [1.82, 2.24) is 19.5 Å². The van der Waals surface area contributed by atoms with Gasteiger partial charge in [-0.05, 0) is 17.7 Å². The van der Waals surface area contributed by atoms with Crippen LogP contribution in [0.4, 0.5) is 5.82 Å². The van der Waals surface area contributed by atoms with Crippen LogP contribution in [-0.4, -0.2) is 71.1 Å². The average molecular weight is 552 g/mol. The van der Waals surface area contributed by atoms with Crippen LogP contribution in [-0.2, 0) is 35.1 Å². The number of fused-ring (bicyclic) bond motifs is 3. The van der Waals surface area contributed by atoms with E-state index in [1.807, 2.05) is 36.4 Å². The second-order valence-corrected chi connectivity index (χ2v) is 11.0. The average Bonchev–Trinajstić information content (AvgIpc) is 3.62. The first kappa shape index (κ1) is 25.5. The van der Waals surface area contributed by atoms with Gasteiger partial charge in [0, 0.05) is 5.56 Å². The lowest BCUT2D eigenvalue weighted by Gasteiger charge is -2.31. The van der Waals surface area contributed by atoms with Gasteiger partial charge in [0.2, 0.25) is 0 Å². The third-order valence-electron chi connectivity index (χ3n) is 6.66. The topological polar surface area (TPSA) is 144 Å². The zero-order valence-electron chi connectivity index (χ0n) is 20.8. The fraction of sp³-hybridized carbons (Fsp3) is 0.308. The molecule has 39 heavy (non-hydrogen) atoms. The first-order valence-corrected chi connectivity index (χ1v) is 14.0. The van der Waals surface area contributed by atoms with Gasteiger partial charge in [-0.2, -0.15) is 8.42 Å². The molecular formula is C26H25N5O7S. The molecule has 0 aliphatic carbocycles. The standard InChI is InChI=1S/C26H25N5O7S/c1-39(33,34)37-14-26-13-36-20(21(26)35-12-17-8-4-2-5-9-17)25(38-26)31-16-29-19-22(27-15-28-23(19)31)30-24(32)18-10-6-3-7-11-18/h2-11,15-16,20-21,25H,12-14H2,1H3,(H,27,28,30,32)/t20-,21+,25+,26-/m0/s1. The molecule has 2 bridgehead atoms. The van der Waals surface area contributed by atoms with E-state index in [4.69, 9.17) is 18.4 Å². The zero-order valence-corrected chi connectivity index (χ0v) is 21.7. The Kier molecular flexibility index (Phi) is 6.61. The summed E-state index contributed by atoms with van der Waals surface area (Å²) in [6.07, 6.45) is 1.83. The van der Waals surface area contributed by atoms with Crippen molar-refractivity contribution in [3.05, 3.63) is 84.4 Å². The number of rotatable bonds is 9. The van der Waals surface area contributed by atoms with Crippen molar-refractivity contribution < 1.29 is 31.6 Å². The van der Waals surface area contributed by atoms with Crippen molar-refractivity contribution in [1.29, 1.82) is 0 Å². The van der Waals surface area contributed by atoms with E-state index in [0.717, 1.165) is 11.8 Å². The fourth-order valence-corrected chi connectivity index (χ4v) is 5.25. The van der Waals surface area contributed by atoms with Crippen LogP contribution in [0.2, 0.25) is 0 Å². The van der Waals surface area contributed by atoms with Crippen LogP contribution in [0.15, 0.2) is 73.3 Å². The summed E-state index contributed by atoms with van der Waals surface area (Å²) in [5.41, 5.74) is 0.993. The number of nitrogens with zero attached hydrogens (tertiary/aromatic N) is 4. The summed E-state index contributed by atoms with van der Waals surface area (Å²) in [6.45, 7) is 0.0754. The number of amides is 1. The van der Waals surface area contributed by atoms with Crippen molar-refractivity contribution in [3.63, 3.8) is 0 Å². The Morgan fingerprint density at radius 1 is 1.10 bits per heavy atom. The Hall–Kier alpha value is -3.75. The molecule has 2 saturated heterocycles. The molecule has 1 amide bonds. The van der Waals surface area contributed by atoms with E-state index in [2.05, 4.69) is 20.3 Å². The van der Waals surface area contributed by atoms with Crippen LogP contribution < -0.4 is 5.32 Å². The Labute approximate surface area is 224 Å². The Morgan fingerprint density at radius 3 is 2.59 bits per heavy atom. The maximum Gasteiger partial charge on any atom is 0.264 e. The molecule has 2 aliphatic rings. The lowest BCUT2D eigenvalue weighted by Crippen LogP contribution is -2.46. The number of hydrogen-bond donors (Lipinski definition) is 1. The monoisotopic (exact) mass is 551 g/mol. The molecule has 0 saturated carbocycles. The molecule has 4 aromatic rings. The molecule has 2 aliphatic heterocycles. The number of ether oxygens (including phenoxy) is 3. The highest BCUT2D eigenvalue weighted by molar-refractivity contribution is 7.85.